The van der Waals surface area contributed by atoms with Crippen LogP contribution in [0.1, 0.15) is 19.3 Å². The van der Waals surface area contributed by atoms with E-state index in [0.29, 0.717) is 36.3 Å². The molecular formula is C18H14N10. The molecule has 0 aromatic carbocycles. The number of rotatable bonds is 4. The van der Waals surface area contributed by atoms with Crippen LogP contribution in [0.3, 0.4) is 0 Å². The number of nitrogens with zero attached hydrogens (tertiary/aromatic N) is 9. The fraction of sp³-hybridized carbons (Fsp3) is 0.278. The molecule has 10 nitrogen and oxygen atoms in total. The molecule has 28 heavy (non-hydrogen) atoms. The largest absolute Gasteiger partial charge is 0.265 e. The Labute approximate surface area is 159 Å². The van der Waals surface area contributed by atoms with Crippen molar-refractivity contribution in [2.45, 2.75) is 24.8 Å². The monoisotopic (exact) mass is 370 g/mol. The SMILES string of the molecule is N#CCC1(n2cc(-c3nc(-c4cn[nH]n4)cn4nccc34)cn2)CC(C#N)C1. The molecule has 4 aromatic heterocycles. The number of fused-ring (bicyclic) bond motifs is 1. The number of nitriles is 2. The van der Waals surface area contributed by atoms with Crippen molar-refractivity contribution in [1.29, 1.82) is 10.5 Å². The van der Waals surface area contributed by atoms with Gasteiger partial charge in [-0.2, -0.15) is 36.1 Å². The molecule has 5 rings (SSSR count). The van der Waals surface area contributed by atoms with Crippen LogP contribution < -0.4 is 0 Å². The molecule has 0 amide bonds. The van der Waals surface area contributed by atoms with Crippen LogP contribution in [0.25, 0.3) is 28.2 Å². The molecule has 1 saturated carbocycles. The fourth-order valence-corrected chi connectivity index (χ4v) is 3.80. The quantitative estimate of drug-likeness (QED) is 0.579. The number of aromatic nitrogens is 8. The maximum atomic E-state index is 9.25. The first kappa shape index (κ1) is 16.1. The van der Waals surface area contributed by atoms with Gasteiger partial charge in [-0.25, -0.2) is 9.50 Å². The Morgan fingerprint density at radius 3 is 2.82 bits per heavy atom. The van der Waals surface area contributed by atoms with E-state index in [1.165, 1.54) is 0 Å². The van der Waals surface area contributed by atoms with Crippen LogP contribution >= 0.6 is 0 Å². The van der Waals surface area contributed by atoms with Crippen molar-refractivity contribution in [1.82, 2.24) is 39.8 Å². The van der Waals surface area contributed by atoms with Crippen molar-refractivity contribution in [2.24, 2.45) is 5.92 Å². The number of nitrogens with one attached hydrogen (secondary N) is 1. The first-order chi connectivity index (χ1) is 13.7. The van der Waals surface area contributed by atoms with E-state index in [9.17, 15) is 5.26 Å². The molecule has 1 N–H and O–H groups in total. The van der Waals surface area contributed by atoms with Gasteiger partial charge in [0.25, 0.3) is 0 Å². The summed E-state index contributed by atoms with van der Waals surface area (Å²) < 4.78 is 3.56. The van der Waals surface area contributed by atoms with Gasteiger partial charge in [-0.3, -0.25) is 4.68 Å². The highest BCUT2D eigenvalue weighted by atomic mass is 15.3. The van der Waals surface area contributed by atoms with Crippen LogP contribution in [-0.2, 0) is 5.54 Å². The fourth-order valence-electron chi connectivity index (χ4n) is 3.80. The van der Waals surface area contributed by atoms with Gasteiger partial charge < -0.3 is 0 Å². The Balaban J connectivity index is 1.60. The molecule has 1 aliphatic carbocycles. The molecule has 0 saturated heterocycles. The lowest BCUT2D eigenvalue weighted by molar-refractivity contribution is 0.0882. The normalized spacial score (nSPS) is 21.1. The minimum atomic E-state index is -0.423. The third kappa shape index (κ3) is 2.36. The molecule has 0 unspecified atom stereocenters. The highest BCUT2D eigenvalue weighted by Crippen LogP contribution is 2.46. The smallest absolute Gasteiger partial charge is 0.132 e. The second-order valence-electron chi connectivity index (χ2n) is 6.96. The van der Waals surface area contributed by atoms with Crippen LogP contribution in [0.5, 0.6) is 0 Å². The number of H-pyrrole nitrogens is 1. The lowest BCUT2D eigenvalue weighted by Crippen LogP contribution is -2.46. The summed E-state index contributed by atoms with van der Waals surface area (Å²) in [5.74, 6) is -0.0313. The van der Waals surface area contributed by atoms with Gasteiger partial charge in [-0.1, -0.05) is 0 Å². The zero-order valence-corrected chi connectivity index (χ0v) is 14.7. The lowest BCUT2D eigenvalue weighted by Gasteiger charge is -2.43. The van der Waals surface area contributed by atoms with E-state index >= 15 is 0 Å². The van der Waals surface area contributed by atoms with Crippen LogP contribution in [-0.4, -0.2) is 39.8 Å². The summed E-state index contributed by atoms with van der Waals surface area (Å²) in [6.45, 7) is 0. The standard InChI is InChI=1S/C18H14N10/c19-3-2-18(5-12(6-18)7-20)28-10-13(8-23-28)17-16-1-4-22-27(16)11-15(24-17)14-9-21-26-25-14/h1,4,8-12H,2,5-6H2,(H,21,25,26). The van der Waals surface area contributed by atoms with Crippen LogP contribution in [0.4, 0.5) is 0 Å². The molecule has 0 radical (unpaired) electrons. The maximum absolute atomic E-state index is 9.25. The van der Waals surface area contributed by atoms with Crippen molar-refractivity contribution < 1.29 is 0 Å². The summed E-state index contributed by atoms with van der Waals surface area (Å²) in [7, 11) is 0. The zero-order chi connectivity index (χ0) is 19.1. The Morgan fingerprint density at radius 1 is 1.18 bits per heavy atom. The van der Waals surface area contributed by atoms with Gasteiger partial charge in [0.1, 0.15) is 11.4 Å². The van der Waals surface area contributed by atoms with Crippen molar-refractivity contribution in [3.05, 3.63) is 37.1 Å². The minimum Gasteiger partial charge on any atom is -0.265 e. The molecule has 0 aliphatic heterocycles. The third-order valence-electron chi connectivity index (χ3n) is 5.25. The zero-order valence-electron chi connectivity index (χ0n) is 14.7. The molecule has 1 aliphatic rings. The van der Waals surface area contributed by atoms with Gasteiger partial charge in [-0.15, -0.1) is 0 Å². The maximum Gasteiger partial charge on any atom is 0.132 e. The highest BCUT2D eigenvalue weighted by Gasteiger charge is 2.46. The van der Waals surface area contributed by atoms with Crippen LogP contribution in [0, 0.1) is 28.6 Å². The Hall–Kier alpha value is -4.05. The van der Waals surface area contributed by atoms with Gasteiger partial charge in [0, 0.05) is 11.8 Å². The van der Waals surface area contributed by atoms with Crippen molar-refractivity contribution in [2.75, 3.05) is 0 Å². The van der Waals surface area contributed by atoms with Crippen molar-refractivity contribution >= 4 is 5.52 Å². The molecule has 0 atom stereocenters. The van der Waals surface area contributed by atoms with E-state index < -0.39 is 5.54 Å². The van der Waals surface area contributed by atoms with Crippen molar-refractivity contribution in [3.8, 4) is 34.8 Å². The van der Waals surface area contributed by atoms with E-state index in [-0.39, 0.29) is 5.92 Å². The summed E-state index contributed by atoms with van der Waals surface area (Å²) in [5, 5.41) is 37.7. The van der Waals surface area contributed by atoms with Gasteiger partial charge in [0.2, 0.25) is 0 Å². The molecule has 4 aromatic rings. The second-order valence-corrected chi connectivity index (χ2v) is 6.96. The Bertz CT molecular complexity index is 1230. The Morgan fingerprint density at radius 2 is 2.07 bits per heavy atom. The highest BCUT2D eigenvalue weighted by molar-refractivity contribution is 5.77. The van der Waals surface area contributed by atoms with Crippen LogP contribution in [0.2, 0.25) is 0 Å². The first-order valence-corrected chi connectivity index (χ1v) is 8.75. The second kappa shape index (κ2) is 5.99. The molecule has 10 heteroatoms. The predicted octanol–water partition coefficient (Wildman–Crippen LogP) is 1.92. The van der Waals surface area contributed by atoms with E-state index in [1.54, 1.807) is 29.3 Å². The topological polar surface area (TPSA) is 137 Å². The number of hydrogen-bond donors (Lipinski definition) is 1. The van der Waals surface area contributed by atoms with Crippen LogP contribution in [0.15, 0.2) is 37.1 Å². The summed E-state index contributed by atoms with van der Waals surface area (Å²) in [4.78, 5) is 4.75. The summed E-state index contributed by atoms with van der Waals surface area (Å²) in [6.07, 6.45) is 10.3. The third-order valence-corrected chi connectivity index (χ3v) is 5.25. The minimum absolute atomic E-state index is 0.0313. The van der Waals surface area contributed by atoms with E-state index in [4.69, 9.17) is 10.2 Å². The molecule has 0 spiro atoms. The molecule has 0 bridgehead atoms. The van der Waals surface area contributed by atoms with E-state index in [2.05, 4.69) is 37.7 Å². The molecule has 4 heterocycles. The average molecular weight is 370 g/mol. The molecular weight excluding hydrogens is 356 g/mol. The first-order valence-electron chi connectivity index (χ1n) is 8.75. The lowest BCUT2D eigenvalue weighted by atomic mass is 9.67. The number of aromatic amines is 1. The molecule has 136 valence electrons. The summed E-state index contributed by atoms with van der Waals surface area (Å²) in [5.41, 5.74) is 3.19. The Kier molecular flexibility index (Phi) is 3.46. The molecule has 1 fully saturated rings. The summed E-state index contributed by atoms with van der Waals surface area (Å²) in [6, 6.07) is 6.39. The van der Waals surface area contributed by atoms with Gasteiger partial charge in [0.05, 0.1) is 66.0 Å². The van der Waals surface area contributed by atoms with E-state index in [0.717, 1.165) is 11.1 Å². The summed E-state index contributed by atoms with van der Waals surface area (Å²) >= 11 is 0. The van der Waals surface area contributed by atoms with Crippen molar-refractivity contribution in [3.63, 3.8) is 0 Å². The van der Waals surface area contributed by atoms with E-state index in [1.807, 2.05) is 16.9 Å². The van der Waals surface area contributed by atoms with Gasteiger partial charge in [-0.05, 0) is 18.9 Å². The predicted molar refractivity (Wildman–Crippen MR) is 96.1 cm³/mol. The number of hydrogen-bond acceptors (Lipinski definition) is 7. The van der Waals surface area contributed by atoms with Gasteiger partial charge in [0.15, 0.2) is 0 Å². The average Bonchev–Trinajstić information content (AvgIpc) is 3.44. The van der Waals surface area contributed by atoms with Gasteiger partial charge >= 0.3 is 0 Å².